The summed E-state index contributed by atoms with van der Waals surface area (Å²) >= 11 is 0. The molecule has 0 bridgehead atoms. The van der Waals surface area contributed by atoms with Gasteiger partial charge in [0.1, 0.15) is 0 Å². The van der Waals surface area contributed by atoms with Crippen LogP contribution in [0.3, 0.4) is 0 Å². The lowest BCUT2D eigenvalue weighted by Crippen LogP contribution is -2.08. The number of hydrogen-bond acceptors (Lipinski definition) is 5. The van der Waals surface area contributed by atoms with Crippen LogP contribution in [0.2, 0.25) is 0 Å². The van der Waals surface area contributed by atoms with Gasteiger partial charge < -0.3 is 9.15 Å². The van der Waals surface area contributed by atoms with E-state index in [1.165, 1.54) is 42.7 Å². The zero-order chi connectivity index (χ0) is 12.3. The summed E-state index contributed by atoms with van der Waals surface area (Å²) in [6, 6.07) is 8.57. The molecule has 2 rings (SSSR count). The van der Waals surface area contributed by atoms with Gasteiger partial charge >= 0.3 is 11.7 Å². The number of nitrogens with zero attached hydrogens (tertiary/aromatic N) is 1. The molecular formula is C11H7NO5. The summed E-state index contributed by atoms with van der Waals surface area (Å²) in [6.07, 6.45) is 1.32. The van der Waals surface area contributed by atoms with Gasteiger partial charge in [-0.2, -0.15) is 0 Å². The number of esters is 1. The Hall–Kier alpha value is -2.63. The van der Waals surface area contributed by atoms with Gasteiger partial charge in [-0.1, -0.05) is 12.1 Å². The smallest absolute Gasteiger partial charge is 0.379 e. The average Bonchev–Trinajstić information content (AvgIpc) is 2.83. The predicted octanol–water partition coefficient (Wildman–Crippen LogP) is 2.41. The van der Waals surface area contributed by atoms with E-state index in [0.717, 1.165) is 0 Å². The molecule has 0 saturated carbocycles. The van der Waals surface area contributed by atoms with E-state index in [4.69, 9.17) is 9.15 Å². The van der Waals surface area contributed by atoms with E-state index in [0.29, 0.717) is 0 Å². The van der Waals surface area contributed by atoms with Gasteiger partial charge in [-0.15, -0.1) is 0 Å². The molecule has 0 aliphatic heterocycles. The van der Waals surface area contributed by atoms with Gasteiger partial charge in [0.15, 0.2) is 0 Å². The molecule has 17 heavy (non-hydrogen) atoms. The first-order valence-corrected chi connectivity index (χ1v) is 4.67. The summed E-state index contributed by atoms with van der Waals surface area (Å²) in [4.78, 5) is 21.6. The number of ether oxygens (including phenoxy) is 1. The van der Waals surface area contributed by atoms with E-state index in [1.807, 2.05) is 0 Å². The molecule has 0 spiro atoms. The maximum atomic E-state index is 11.5. The molecule has 0 aliphatic rings. The first kappa shape index (κ1) is 10.9. The van der Waals surface area contributed by atoms with Crippen LogP contribution in [0.1, 0.15) is 10.6 Å². The van der Waals surface area contributed by atoms with Gasteiger partial charge in [0.05, 0.1) is 11.2 Å². The molecule has 2 aromatic rings. The minimum absolute atomic E-state index is 0.0110. The third kappa shape index (κ3) is 2.31. The lowest BCUT2D eigenvalue weighted by molar-refractivity contribution is -0.385. The predicted molar refractivity (Wildman–Crippen MR) is 56.8 cm³/mol. The van der Waals surface area contributed by atoms with Crippen LogP contribution >= 0.6 is 0 Å². The lowest BCUT2D eigenvalue weighted by atomic mass is 10.3. The summed E-state index contributed by atoms with van der Waals surface area (Å²) in [6.45, 7) is 0. The van der Waals surface area contributed by atoms with Crippen molar-refractivity contribution in [1.82, 2.24) is 0 Å². The molecule has 1 heterocycles. The molecule has 0 unspecified atom stereocenters. The van der Waals surface area contributed by atoms with Gasteiger partial charge in [-0.3, -0.25) is 10.1 Å². The molecule has 0 atom stereocenters. The first-order chi connectivity index (χ1) is 8.18. The second-order valence-corrected chi connectivity index (χ2v) is 3.09. The summed E-state index contributed by atoms with van der Waals surface area (Å²) < 4.78 is 9.70. The van der Waals surface area contributed by atoms with E-state index in [2.05, 4.69) is 0 Å². The Bertz CT molecular complexity index is 547. The normalized spacial score (nSPS) is 9.88. The third-order valence-electron chi connectivity index (χ3n) is 1.99. The number of para-hydroxylation sites is 2. The van der Waals surface area contributed by atoms with Crippen LogP contribution in [0.25, 0.3) is 0 Å². The van der Waals surface area contributed by atoms with Crippen LogP contribution in [0, 0.1) is 10.1 Å². The van der Waals surface area contributed by atoms with E-state index in [1.54, 1.807) is 0 Å². The van der Waals surface area contributed by atoms with E-state index in [-0.39, 0.29) is 17.2 Å². The molecule has 1 aromatic heterocycles. The molecular weight excluding hydrogens is 226 g/mol. The number of nitro benzene ring substituents is 1. The summed E-state index contributed by atoms with van der Waals surface area (Å²) in [7, 11) is 0. The molecule has 0 saturated heterocycles. The number of rotatable bonds is 3. The second-order valence-electron chi connectivity index (χ2n) is 3.09. The number of furan rings is 1. The van der Waals surface area contributed by atoms with Crippen molar-refractivity contribution in [2.75, 3.05) is 0 Å². The van der Waals surface area contributed by atoms with Crippen LogP contribution in [-0.2, 0) is 0 Å². The summed E-state index contributed by atoms with van der Waals surface area (Å²) in [5.41, 5.74) is -0.271. The molecule has 0 N–H and O–H groups in total. The fraction of sp³-hybridized carbons (Fsp3) is 0. The van der Waals surface area contributed by atoms with E-state index < -0.39 is 10.9 Å². The highest BCUT2D eigenvalue weighted by molar-refractivity contribution is 5.88. The Morgan fingerprint density at radius 2 is 2.00 bits per heavy atom. The van der Waals surface area contributed by atoms with Crippen molar-refractivity contribution in [3.05, 3.63) is 58.5 Å². The highest BCUT2D eigenvalue weighted by atomic mass is 16.6. The molecule has 6 heteroatoms. The SMILES string of the molecule is O=C(Oc1ccccc1[N+](=O)[O-])c1ccco1. The maximum absolute atomic E-state index is 11.5. The largest absolute Gasteiger partial charge is 0.457 e. The Kier molecular flexibility index (Phi) is 2.87. The fourth-order valence-electron chi connectivity index (χ4n) is 1.24. The Morgan fingerprint density at radius 3 is 2.65 bits per heavy atom. The summed E-state index contributed by atoms with van der Waals surface area (Å²) in [5, 5.41) is 10.7. The molecule has 0 fully saturated rings. The number of carbonyl (C=O) groups is 1. The molecule has 1 aromatic carbocycles. The van der Waals surface area contributed by atoms with E-state index >= 15 is 0 Å². The number of nitro groups is 1. The Labute approximate surface area is 95.6 Å². The van der Waals surface area contributed by atoms with E-state index in [9.17, 15) is 14.9 Å². The molecule has 86 valence electrons. The standard InChI is InChI=1S/C11H7NO5/c13-11(10-6-3-7-16-10)17-9-5-2-1-4-8(9)12(14)15/h1-7H. The van der Waals surface area contributed by atoms with Gasteiger partial charge in [-0.25, -0.2) is 4.79 Å². The van der Waals surface area contributed by atoms with Crippen molar-refractivity contribution < 1.29 is 18.9 Å². The molecule has 0 radical (unpaired) electrons. The summed E-state index contributed by atoms with van der Waals surface area (Å²) in [5.74, 6) is -0.897. The average molecular weight is 233 g/mol. The monoisotopic (exact) mass is 233 g/mol. The lowest BCUT2D eigenvalue weighted by Gasteiger charge is -2.02. The van der Waals surface area contributed by atoms with Crippen molar-refractivity contribution in [3.63, 3.8) is 0 Å². The number of hydrogen-bond donors (Lipinski definition) is 0. The van der Waals surface area contributed by atoms with Gasteiger partial charge in [0.2, 0.25) is 11.5 Å². The highest BCUT2D eigenvalue weighted by Gasteiger charge is 2.19. The van der Waals surface area contributed by atoms with Gasteiger partial charge in [0, 0.05) is 6.07 Å². The highest BCUT2D eigenvalue weighted by Crippen LogP contribution is 2.26. The van der Waals surface area contributed by atoms with Gasteiger partial charge in [0.25, 0.3) is 0 Å². The van der Waals surface area contributed by atoms with Crippen molar-refractivity contribution >= 4 is 11.7 Å². The minimum Gasteiger partial charge on any atom is -0.457 e. The second kappa shape index (κ2) is 4.48. The Balaban J connectivity index is 2.25. The van der Waals surface area contributed by atoms with Crippen LogP contribution < -0.4 is 4.74 Å². The quantitative estimate of drug-likeness (QED) is 0.352. The number of benzene rings is 1. The maximum Gasteiger partial charge on any atom is 0.379 e. The fourth-order valence-corrected chi connectivity index (χ4v) is 1.24. The zero-order valence-electron chi connectivity index (χ0n) is 8.53. The van der Waals surface area contributed by atoms with Gasteiger partial charge in [-0.05, 0) is 18.2 Å². The van der Waals surface area contributed by atoms with Crippen molar-refractivity contribution in [2.24, 2.45) is 0 Å². The third-order valence-corrected chi connectivity index (χ3v) is 1.99. The first-order valence-electron chi connectivity index (χ1n) is 4.67. The van der Waals surface area contributed by atoms with Crippen LogP contribution in [0.5, 0.6) is 5.75 Å². The number of carbonyl (C=O) groups excluding carboxylic acids is 1. The minimum atomic E-state index is -0.774. The zero-order valence-corrected chi connectivity index (χ0v) is 8.53. The Morgan fingerprint density at radius 1 is 1.24 bits per heavy atom. The van der Waals surface area contributed by atoms with Crippen molar-refractivity contribution in [2.45, 2.75) is 0 Å². The molecule has 0 amide bonds. The van der Waals surface area contributed by atoms with Crippen LogP contribution in [0.4, 0.5) is 5.69 Å². The van der Waals surface area contributed by atoms with Crippen LogP contribution in [0.15, 0.2) is 47.1 Å². The van der Waals surface area contributed by atoms with Crippen molar-refractivity contribution in [1.29, 1.82) is 0 Å². The van der Waals surface area contributed by atoms with Crippen LogP contribution in [-0.4, -0.2) is 10.9 Å². The molecule has 0 aliphatic carbocycles. The topological polar surface area (TPSA) is 82.6 Å². The van der Waals surface area contributed by atoms with Crippen molar-refractivity contribution in [3.8, 4) is 5.75 Å². The molecule has 6 nitrogen and oxygen atoms in total.